The molecule has 1 aromatic heterocycles. The summed E-state index contributed by atoms with van der Waals surface area (Å²) in [4.78, 5) is 25.3. The molecule has 0 bridgehead atoms. The Kier molecular flexibility index (Phi) is 6.93. The lowest BCUT2D eigenvalue weighted by Gasteiger charge is -2.13. The Balaban J connectivity index is 1.47. The fourth-order valence-electron chi connectivity index (χ4n) is 3.54. The summed E-state index contributed by atoms with van der Waals surface area (Å²) in [6.07, 6.45) is 0.192. The predicted molar refractivity (Wildman–Crippen MR) is 129 cm³/mol. The van der Waals surface area contributed by atoms with E-state index in [-0.39, 0.29) is 24.3 Å². The molecule has 0 spiro atoms. The number of nitrogens with zero attached hydrogens (tertiary/aromatic N) is 3. The first kappa shape index (κ1) is 23.4. The molecule has 0 amide bonds. The number of carboxylic acids is 1. The van der Waals surface area contributed by atoms with Crippen molar-refractivity contribution < 1.29 is 19.0 Å². The number of aromatic nitrogens is 3. The second kappa shape index (κ2) is 10.0. The maximum absolute atomic E-state index is 14.0. The van der Waals surface area contributed by atoms with Crippen LogP contribution in [0.15, 0.2) is 70.4 Å². The number of benzene rings is 3. The topological polar surface area (TPSA) is 94.3 Å². The minimum atomic E-state index is -0.982. The van der Waals surface area contributed by atoms with Gasteiger partial charge in [-0.25, -0.2) is 9.07 Å². The number of ether oxygens (including phenoxy) is 1. The van der Waals surface area contributed by atoms with E-state index in [1.807, 2.05) is 25.1 Å². The summed E-state index contributed by atoms with van der Waals surface area (Å²) >= 11 is 1.18. The minimum absolute atomic E-state index is 0.128. The number of hydrogen-bond acceptors (Lipinski definition) is 6. The molecule has 0 saturated carbocycles. The standard InChI is InChI=1S/C25H22FN3O4S/c1-15-3-9-21-19(13-15)24(30)29(28-27-21)12-11-23(25(31)32)34-18-7-4-16(5-8-18)17-6-10-22(33-2)20(26)14-17/h3-10,13-14,23H,11-12H2,1-2H3,(H,31,32). The number of fused-ring (bicyclic) bond motifs is 1. The van der Waals surface area contributed by atoms with Gasteiger partial charge in [-0.3, -0.25) is 9.59 Å². The van der Waals surface area contributed by atoms with Crippen LogP contribution in [0.4, 0.5) is 4.39 Å². The Morgan fingerprint density at radius 1 is 1.12 bits per heavy atom. The molecule has 34 heavy (non-hydrogen) atoms. The first-order valence-electron chi connectivity index (χ1n) is 10.5. The Morgan fingerprint density at radius 3 is 2.53 bits per heavy atom. The van der Waals surface area contributed by atoms with Crippen LogP contribution in [0.5, 0.6) is 5.75 Å². The summed E-state index contributed by atoms with van der Waals surface area (Å²) in [5, 5.41) is 17.4. The van der Waals surface area contributed by atoms with E-state index in [1.165, 1.54) is 29.6 Å². The zero-order chi connectivity index (χ0) is 24.2. The third-order valence-corrected chi connectivity index (χ3v) is 6.64. The van der Waals surface area contributed by atoms with Crippen molar-refractivity contribution in [2.75, 3.05) is 7.11 Å². The molecule has 0 radical (unpaired) electrons. The summed E-state index contributed by atoms with van der Waals surface area (Å²) in [7, 11) is 1.41. The smallest absolute Gasteiger partial charge is 0.317 e. The fraction of sp³-hybridized carbons (Fsp3) is 0.200. The van der Waals surface area contributed by atoms with Crippen molar-refractivity contribution in [1.29, 1.82) is 0 Å². The predicted octanol–water partition coefficient (Wildman–Crippen LogP) is 4.55. The van der Waals surface area contributed by atoms with Gasteiger partial charge < -0.3 is 9.84 Å². The summed E-state index contributed by atoms with van der Waals surface area (Å²) < 4.78 is 20.2. The Morgan fingerprint density at radius 2 is 1.85 bits per heavy atom. The van der Waals surface area contributed by atoms with E-state index in [9.17, 15) is 19.1 Å². The number of hydrogen-bond donors (Lipinski definition) is 1. The van der Waals surface area contributed by atoms with Gasteiger partial charge in [0.15, 0.2) is 11.6 Å². The van der Waals surface area contributed by atoms with Crippen LogP contribution < -0.4 is 10.3 Å². The molecule has 0 aliphatic heterocycles. The van der Waals surface area contributed by atoms with Crippen molar-refractivity contribution in [3.8, 4) is 16.9 Å². The second-order valence-electron chi connectivity index (χ2n) is 7.75. The average molecular weight is 480 g/mol. The molecule has 9 heteroatoms. The molecule has 0 aliphatic carbocycles. The van der Waals surface area contributed by atoms with Crippen LogP contribution in [0.2, 0.25) is 0 Å². The molecule has 7 nitrogen and oxygen atoms in total. The van der Waals surface area contributed by atoms with Gasteiger partial charge in [-0.2, -0.15) is 0 Å². The normalized spacial score (nSPS) is 12.0. The quantitative estimate of drug-likeness (QED) is 0.371. The van der Waals surface area contributed by atoms with Gasteiger partial charge in [0, 0.05) is 11.4 Å². The third-order valence-electron chi connectivity index (χ3n) is 5.37. The van der Waals surface area contributed by atoms with Gasteiger partial charge >= 0.3 is 5.97 Å². The molecule has 1 N–H and O–H groups in total. The SMILES string of the molecule is COc1ccc(-c2ccc(SC(CCn3nnc4ccc(C)cc4c3=O)C(=O)O)cc2)cc1F. The number of halogens is 1. The molecule has 4 rings (SSSR count). The molecule has 0 fully saturated rings. The average Bonchev–Trinajstić information content (AvgIpc) is 2.83. The first-order valence-corrected chi connectivity index (χ1v) is 11.4. The minimum Gasteiger partial charge on any atom is -0.494 e. The van der Waals surface area contributed by atoms with Crippen LogP contribution in [-0.4, -0.2) is 38.4 Å². The van der Waals surface area contributed by atoms with Gasteiger partial charge in [-0.15, -0.1) is 16.9 Å². The third kappa shape index (κ3) is 5.09. The van der Waals surface area contributed by atoms with E-state index in [0.717, 1.165) is 16.0 Å². The lowest BCUT2D eigenvalue weighted by Crippen LogP contribution is -2.27. The number of carbonyl (C=O) groups is 1. The van der Waals surface area contributed by atoms with Gasteiger partial charge in [0.1, 0.15) is 10.8 Å². The molecule has 1 atom stereocenters. The lowest BCUT2D eigenvalue weighted by atomic mass is 10.1. The van der Waals surface area contributed by atoms with Crippen molar-refractivity contribution in [3.63, 3.8) is 0 Å². The van der Waals surface area contributed by atoms with Crippen molar-refractivity contribution in [3.05, 3.63) is 82.4 Å². The fourth-order valence-corrected chi connectivity index (χ4v) is 4.49. The zero-order valence-electron chi connectivity index (χ0n) is 18.6. The van der Waals surface area contributed by atoms with Gasteiger partial charge in [-0.05, 0) is 60.9 Å². The highest BCUT2D eigenvalue weighted by Crippen LogP contribution is 2.30. The van der Waals surface area contributed by atoms with Crippen molar-refractivity contribution in [2.45, 2.75) is 30.0 Å². The largest absolute Gasteiger partial charge is 0.494 e. The van der Waals surface area contributed by atoms with Crippen LogP contribution in [-0.2, 0) is 11.3 Å². The highest BCUT2D eigenvalue weighted by molar-refractivity contribution is 8.00. The van der Waals surface area contributed by atoms with Crippen molar-refractivity contribution >= 4 is 28.6 Å². The first-order chi connectivity index (χ1) is 16.4. The number of methoxy groups -OCH3 is 1. The lowest BCUT2D eigenvalue weighted by molar-refractivity contribution is -0.136. The van der Waals surface area contributed by atoms with E-state index < -0.39 is 17.0 Å². The van der Waals surface area contributed by atoms with Gasteiger partial charge in [-0.1, -0.05) is 35.0 Å². The van der Waals surface area contributed by atoms with Crippen molar-refractivity contribution in [2.24, 2.45) is 0 Å². The highest BCUT2D eigenvalue weighted by Gasteiger charge is 2.20. The Labute approximate surface area is 199 Å². The van der Waals surface area contributed by atoms with Crippen LogP contribution >= 0.6 is 11.8 Å². The van der Waals surface area contributed by atoms with E-state index in [4.69, 9.17) is 4.74 Å². The Hall–Kier alpha value is -3.72. The molecule has 174 valence electrons. The van der Waals surface area contributed by atoms with E-state index >= 15 is 0 Å². The summed E-state index contributed by atoms with van der Waals surface area (Å²) in [6, 6.07) is 17.3. The van der Waals surface area contributed by atoms with Crippen LogP contribution in [0, 0.1) is 12.7 Å². The number of rotatable bonds is 8. The molecular formula is C25H22FN3O4S. The molecular weight excluding hydrogens is 457 g/mol. The summed E-state index contributed by atoms with van der Waals surface area (Å²) in [6.45, 7) is 2.01. The molecule has 0 aliphatic rings. The van der Waals surface area contributed by atoms with Crippen molar-refractivity contribution in [1.82, 2.24) is 15.0 Å². The number of carboxylic acid groups (broad SMARTS) is 1. The molecule has 0 saturated heterocycles. The van der Waals surface area contributed by atoms with Gasteiger partial charge in [0.2, 0.25) is 0 Å². The zero-order valence-corrected chi connectivity index (χ0v) is 19.4. The van der Waals surface area contributed by atoms with E-state index in [0.29, 0.717) is 16.5 Å². The van der Waals surface area contributed by atoms with Gasteiger partial charge in [0.05, 0.1) is 12.5 Å². The monoisotopic (exact) mass is 479 g/mol. The maximum Gasteiger partial charge on any atom is 0.317 e. The number of aliphatic carboxylic acids is 1. The number of aryl methyl sites for hydroxylation is 2. The summed E-state index contributed by atoms with van der Waals surface area (Å²) in [5.74, 6) is -1.26. The summed E-state index contributed by atoms with van der Waals surface area (Å²) in [5.41, 5.74) is 2.64. The van der Waals surface area contributed by atoms with E-state index in [2.05, 4.69) is 10.3 Å². The van der Waals surface area contributed by atoms with Gasteiger partial charge in [0.25, 0.3) is 5.56 Å². The van der Waals surface area contributed by atoms with Crippen LogP contribution in [0.1, 0.15) is 12.0 Å². The molecule has 1 unspecified atom stereocenters. The molecule has 4 aromatic rings. The molecule has 3 aromatic carbocycles. The van der Waals surface area contributed by atoms with E-state index in [1.54, 1.807) is 36.4 Å². The van der Waals surface area contributed by atoms with Crippen LogP contribution in [0.3, 0.4) is 0 Å². The Bertz CT molecular complexity index is 1410. The van der Waals surface area contributed by atoms with Crippen LogP contribution in [0.25, 0.3) is 22.0 Å². The highest BCUT2D eigenvalue weighted by atomic mass is 32.2. The maximum atomic E-state index is 14.0. The molecule has 1 heterocycles. The number of thioether (sulfide) groups is 1. The second-order valence-corrected chi connectivity index (χ2v) is 9.02.